The zero-order valence-corrected chi connectivity index (χ0v) is 12.7. The molecule has 1 fully saturated rings. The molecule has 0 aliphatic carbocycles. The van der Waals surface area contributed by atoms with Crippen LogP contribution in [0.25, 0.3) is 0 Å². The number of hydrogen-bond donors (Lipinski definition) is 2. The minimum atomic E-state index is -0.772. The molecule has 1 aliphatic rings. The molecule has 2 atom stereocenters. The van der Waals surface area contributed by atoms with Crippen LogP contribution in [0.15, 0.2) is 24.7 Å². The van der Waals surface area contributed by atoms with Crippen LogP contribution in [0.2, 0.25) is 0 Å². The average molecular weight is 304 g/mol. The van der Waals surface area contributed by atoms with E-state index >= 15 is 0 Å². The minimum Gasteiger partial charge on any atom is -0.311 e. The smallest absolute Gasteiger partial charge is 0.142 e. The van der Waals surface area contributed by atoms with Gasteiger partial charge < -0.3 is 5.32 Å². The maximum absolute atomic E-state index is 13.8. The Hall–Kier alpha value is -1.86. The first-order valence-electron chi connectivity index (χ1n) is 7.56. The first kappa shape index (κ1) is 15.1. The van der Waals surface area contributed by atoms with Gasteiger partial charge >= 0.3 is 0 Å². The molecule has 118 valence electrons. The van der Waals surface area contributed by atoms with Crippen molar-refractivity contribution in [2.45, 2.75) is 38.6 Å². The molecular weight excluding hydrogens is 283 g/mol. The summed E-state index contributed by atoms with van der Waals surface area (Å²) in [5.41, 5.74) is 2.21. The van der Waals surface area contributed by atoms with E-state index in [2.05, 4.69) is 30.4 Å². The molecule has 0 aromatic carbocycles. The first-order valence-corrected chi connectivity index (χ1v) is 7.56. The Bertz CT molecular complexity index is 587. The highest BCUT2D eigenvalue weighted by atomic mass is 19.1. The fourth-order valence-corrected chi connectivity index (χ4v) is 2.85. The van der Waals surface area contributed by atoms with Crippen molar-refractivity contribution in [2.75, 3.05) is 13.1 Å². The van der Waals surface area contributed by atoms with E-state index in [0.29, 0.717) is 19.5 Å². The maximum atomic E-state index is 13.8. The first-order chi connectivity index (χ1) is 10.7. The van der Waals surface area contributed by atoms with Gasteiger partial charge in [0, 0.05) is 49.3 Å². The third-order valence-electron chi connectivity index (χ3n) is 4.07. The summed E-state index contributed by atoms with van der Waals surface area (Å²) in [4.78, 5) is 10.6. The molecule has 3 rings (SSSR count). The molecule has 1 saturated heterocycles. The number of aromatic amines is 1. The van der Waals surface area contributed by atoms with Crippen LogP contribution in [0.5, 0.6) is 0 Å². The van der Waals surface area contributed by atoms with Crippen molar-refractivity contribution >= 4 is 0 Å². The molecule has 2 N–H and O–H groups in total. The van der Waals surface area contributed by atoms with Gasteiger partial charge in [0.25, 0.3) is 0 Å². The standard InChI is InChI=1S/C15H21FN6/c1-11-12(7-20-21-11)6-17-8-14-5-13(16)9-22(14)10-15-18-3-2-4-19-15/h2-4,7,13-14,17H,5-6,8-10H2,1H3,(H,20,21)/t13-,14-/m0/s1. The number of halogens is 1. The van der Waals surface area contributed by atoms with Crippen molar-refractivity contribution in [1.82, 2.24) is 30.4 Å². The second kappa shape index (κ2) is 6.93. The van der Waals surface area contributed by atoms with Gasteiger partial charge in [-0.2, -0.15) is 5.10 Å². The van der Waals surface area contributed by atoms with E-state index in [1.54, 1.807) is 18.5 Å². The van der Waals surface area contributed by atoms with E-state index < -0.39 is 6.17 Å². The Morgan fingerprint density at radius 1 is 1.41 bits per heavy atom. The number of hydrogen-bond acceptors (Lipinski definition) is 5. The third-order valence-corrected chi connectivity index (χ3v) is 4.07. The summed E-state index contributed by atoms with van der Waals surface area (Å²) in [5.74, 6) is 0.743. The second-order valence-corrected chi connectivity index (χ2v) is 5.73. The molecule has 2 aromatic rings. The van der Waals surface area contributed by atoms with Crippen molar-refractivity contribution < 1.29 is 4.39 Å². The number of nitrogens with one attached hydrogen (secondary N) is 2. The molecule has 6 nitrogen and oxygen atoms in total. The summed E-state index contributed by atoms with van der Waals surface area (Å²) in [7, 11) is 0. The fourth-order valence-electron chi connectivity index (χ4n) is 2.85. The normalized spacial score (nSPS) is 22.3. The molecule has 0 unspecified atom stereocenters. The van der Waals surface area contributed by atoms with Gasteiger partial charge in [-0.05, 0) is 19.4 Å². The number of H-pyrrole nitrogens is 1. The van der Waals surface area contributed by atoms with Crippen LogP contribution in [-0.2, 0) is 13.1 Å². The van der Waals surface area contributed by atoms with Crippen molar-refractivity contribution in [1.29, 1.82) is 0 Å². The molecule has 0 radical (unpaired) electrons. The van der Waals surface area contributed by atoms with E-state index in [9.17, 15) is 4.39 Å². The number of nitrogens with zero attached hydrogens (tertiary/aromatic N) is 4. The molecule has 22 heavy (non-hydrogen) atoms. The molecule has 3 heterocycles. The Balaban J connectivity index is 1.53. The topological polar surface area (TPSA) is 69.7 Å². The Labute approximate surface area is 129 Å². The van der Waals surface area contributed by atoms with Crippen molar-refractivity contribution in [3.8, 4) is 0 Å². The van der Waals surface area contributed by atoms with E-state index in [4.69, 9.17) is 0 Å². The van der Waals surface area contributed by atoms with Gasteiger partial charge in [0.15, 0.2) is 0 Å². The molecule has 0 saturated carbocycles. The van der Waals surface area contributed by atoms with Gasteiger partial charge in [-0.15, -0.1) is 0 Å². The van der Waals surface area contributed by atoms with Gasteiger partial charge in [0.2, 0.25) is 0 Å². The monoisotopic (exact) mass is 304 g/mol. The Morgan fingerprint density at radius 3 is 2.95 bits per heavy atom. The van der Waals surface area contributed by atoms with Crippen LogP contribution in [0.3, 0.4) is 0 Å². The highest BCUT2D eigenvalue weighted by molar-refractivity contribution is 5.13. The molecule has 0 spiro atoms. The molecule has 0 bridgehead atoms. The molecule has 1 aliphatic heterocycles. The third kappa shape index (κ3) is 3.66. The van der Waals surface area contributed by atoms with Gasteiger partial charge in [-0.1, -0.05) is 0 Å². The summed E-state index contributed by atoms with van der Waals surface area (Å²) >= 11 is 0. The number of aromatic nitrogens is 4. The van der Waals surface area contributed by atoms with Crippen LogP contribution < -0.4 is 5.32 Å². The number of aryl methyl sites for hydroxylation is 1. The Morgan fingerprint density at radius 2 is 2.23 bits per heavy atom. The van der Waals surface area contributed by atoms with E-state index in [-0.39, 0.29) is 6.04 Å². The minimum absolute atomic E-state index is 0.172. The summed E-state index contributed by atoms with van der Waals surface area (Å²) in [6.45, 7) is 4.53. The lowest BCUT2D eigenvalue weighted by Gasteiger charge is -2.23. The number of alkyl halides is 1. The summed E-state index contributed by atoms with van der Waals surface area (Å²) in [6, 6.07) is 1.96. The number of rotatable bonds is 6. The van der Waals surface area contributed by atoms with Crippen molar-refractivity contribution in [3.63, 3.8) is 0 Å². The van der Waals surface area contributed by atoms with Gasteiger partial charge in [-0.25, -0.2) is 14.4 Å². The lowest BCUT2D eigenvalue weighted by Crippen LogP contribution is -2.37. The van der Waals surface area contributed by atoms with E-state index in [0.717, 1.165) is 30.2 Å². The Kier molecular flexibility index (Phi) is 4.74. The van der Waals surface area contributed by atoms with Gasteiger partial charge in [0.1, 0.15) is 12.0 Å². The van der Waals surface area contributed by atoms with Crippen LogP contribution in [0.1, 0.15) is 23.5 Å². The van der Waals surface area contributed by atoms with E-state index in [1.165, 1.54) is 0 Å². The van der Waals surface area contributed by atoms with Crippen LogP contribution in [0.4, 0.5) is 4.39 Å². The average Bonchev–Trinajstić information content (AvgIpc) is 3.07. The lowest BCUT2D eigenvalue weighted by molar-refractivity contribution is 0.225. The number of likely N-dealkylation sites (tertiary alicyclic amines) is 1. The zero-order chi connectivity index (χ0) is 15.4. The molecule has 0 amide bonds. The van der Waals surface area contributed by atoms with Crippen LogP contribution in [-0.4, -0.2) is 50.4 Å². The largest absolute Gasteiger partial charge is 0.311 e. The fraction of sp³-hybridized carbons (Fsp3) is 0.533. The summed E-state index contributed by atoms with van der Waals surface area (Å²) < 4.78 is 13.8. The highest BCUT2D eigenvalue weighted by Gasteiger charge is 2.32. The zero-order valence-electron chi connectivity index (χ0n) is 12.7. The SMILES string of the molecule is Cc1[nH]ncc1CNC[C@@H]1C[C@H](F)CN1Cc1ncccn1. The maximum Gasteiger partial charge on any atom is 0.142 e. The molecular formula is C15H21FN6. The van der Waals surface area contributed by atoms with Crippen molar-refractivity contribution in [2.24, 2.45) is 0 Å². The quantitative estimate of drug-likeness (QED) is 0.839. The predicted molar refractivity (Wildman–Crippen MR) is 80.8 cm³/mol. The van der Waals surface area contributed by atoms with Crippen molar-refractivity contribution in [3.05, 3.63) is 41.7 Å². The highest BCUT2D eigenvalue weighted by Crippen LogP contribution is 2.21. The van der Waals surface area contributed by atoms with Crippen LogP contribution in [0, 0.1) is 6.92 Å². The predicted octanol–water partition coefficient (Wildman–Crippen LogP) is 1.21. The van der Waals surface area contributed by atoms with Gasteiger partial charge in [-0.3, -0.25) is 10.00 Å². The molecule has 2 aromatic heterocycles. The van der Waals surface area contributed by atoms with E-state index in [1.807, 2.05) is 13.1 Å². The van der Waals surface area contributed by atoms with Gasteiger partial charge in [0.05, 0.1) is 12.7 Å². The summed E-state index contributed by atoms with van der Waals surface area (Å²) in [5, 5.41) is 10.3. The molecule has 7 heteroatoms. The second-order valence-electron chi connectivity index (χ2n) is 5.73. The summed E-state index contributed by atoms with van der Waals surface area (Å²) in [6.07, 6.45) is 5.06. The van der Waals surface area contributed by atoms with Crippen LogP contribution >= 0.6 is 0 Å². The lowest BCUT2D eigenvalue weighted by atomic mass is 10.2.